The van der Waals surface area contributed by atoms with Crippen molar-refractivity contribution in [1.82, 2.24) is 0 Å². The summed E-state index contributed by atoms with van der Waals surface area (Å²) in [5.74, 6) is 0. The van der Waals surface area contributed by atoms with Gasteiger partial charge in [-0.15, -0.1) is 0 Å². The molecule has 2 nitrogen and oxygen atoms in total. The van der Waals surface area contributed by atoms with Crippen molar-refractivity contribution in [1.29, 1.82) is 0 Å². The van der Waals surface area contributed by atoms with Crippen molar-refractivity contribution in [2.45, 2.75) is 0 Å². The molecule has 0 saturated heterocycles. The van der Waals surface area contributed by atoms with E-state index in [0.29, 0.717) is 0 Å². The normalized spacial score (nSPS) is 11.6. The predicted octanol–water partition coefficient (Wildman–Crippen LogP) is 0.0168. The van der Waals surface area contributed by atoms with Crippen LogP contribution in [0.15, 0.2) is 0 Å². The first-order valence-corrected chi connectivity index (χ1v) is 4.17. The van der Waals surface area contributed by atoms with E-state index >= 15 is 0 Å². The van der Waals surface area contributed by atoms with Gasteiger partial charge in [-0.25, -0.2) is 0 Å². The molecule has 0 aromatic heterocycles. The molecule has 0 saturated carbocycles. The molecule has 0 N–H and O–H groups in total. The molecule has 0 aromatic carbocycles. The predicted molar refractivity (Wildman–Crippen MR) is 14.8 cm³/mol. The Bertz CT molecular complexity index is 92.8. The molecule has 0 heterocycles. The second kappa shape index (κ2) is 1.47. The summed E-state index contributed by atoms with van der Waals surface area (Å²) in [5, 5.41) is 0. The molecular formula is ClFeO2S. The van der Waals surface area contributed by atoms with Gasteiger partial charge in [0.1, 0.15) is 0 Å². The molecule has 0 spiro atoms. The van der Waals surface area contributed by atoms with E-state index in [4.69, 9.17) is 0 Å². The van der Waals surface area contributed by atoms with Gasteiger partial charge >= 0.3 is 41.5 Å². The number of halogens is 1. The van der Waals surface area contributed by atoms with E-state index in [1.807, 2.05) is 0 Å². The summed E-state index contributed by atoms with van der Waals surface area (Å²) in [6.45, 7) is 0. The zero-order valence-corrected chi connectivity index (χ0v) is 4.63. The Morgan fingerprint density at radius 3 is 1.60 bits per heavy atom. The van der Waals surface area contributed by atoms with E-state index in [1.165, 1.54) is 0 Å². The molecule has 0 radical (unpaired) electrons. The molecule has 0 bridgehead atoms. The molecule has 0 aliphatic heterocycles. The number of hydrogen-bond donors (Lipinski definition) is 0. The van der Waals surface area contributed by atoms with Crippen molar-refractivity contribution in [3.8, 4) is 0 Å². The molecule has 0 aliphatic rings. The van der Waals surface area contributed by atoms with Crippen molar-refractivity contribution in [2.75, 3.05) is 0 Å². The average Bonchev–Trinajstić information content (AvgIpc) is 0.722. The first kappa shape index (κ1) is 5.76. The van der Waals surface area contributed by atoms with E-state index < -0.39 is 7.47 Å². The van der Waals surface area contributed by atoms with E-state index in [0.717, 1.165) is 0 Å². The van der Waals surface area contributed by atoms with Crippen LogP contribution in [-0.4, -0.2) is 8.42 Å². The summed E-state index contributed by atoms with van der Waals surface area (Å²) in [6.07, 6.45) is 0. The second-order valence-electron chi connectivity index (χ2n) is 0.366. The van der Waals surface area contributed by atoms with Crippen LogP contribution in [0, 0.1) is 0 Å². The molecule has 33 valence electrons. The van der Waals surface area contributed by atoms with Crippen LogP contribution in [0.5, 0.6) is 0 Å². The maximum atomic E-state index is 9.29. The summed E-state index contributed by atoms with van der Waals surface area (Å²) < 4.78 is 18.6. The standard InChI is InChI=1S/ClO2S.Fe/c1-4(2)3;. The molecule has 5 heavy (non-hydrogen) atoms. The van der Waals surface area contributed by atoms with E-state index in [9.17, 15) is 8.42 Å². The Hall–Kier alpha value is 0.759. The van der Waals surface area contributed by atoms with Gasteiger partial charge in [0, 0.05) is 0 Å². The van der Waals surface area contributed by atoms with Crippen LogP contribution in [0.25, 0.3) is 0 Å². The summed E-state index contributed by atoms with van der Waals surface area (Å²) in [4.78, 5) is 0. The van der Waals surface area contributed by atoms with Gasteiger partial charge in [-0.05, 0) is 0 Å². The second-order valence-corrected chi connectivity index (χ2v) is 4.82. The van der Waals surface area contributed by atoms with Crippen molar-refractivity contribution in [2.24, 2.45) is 0 Å². The third-order valence-corrected chi connectivity index (χ3v) is 0. The van der Waals surface area contributed by atoms with E-state index in [-0.39, 0.29) is 0 Å². The van der Waals surface area contributed by atoms with Crippen LogP contribution in [0.3, 0.4) is 0 Å². The van der Waals surface area contributed by atoms with Gasteiger partial charge < -0.3 is 0 Å². The van der Waals surface area contributed by atoms with Crippen LogP contribution in [0.4, 0.5) is 0 Å². The first-order chi connectivity index (χ1) is 2.00. The summed E-state index contributed by atoms with van der Waals surface area (Å²) in [6, 6.07) is 0. The van der Waals surface area contributed by atoms with Crippen LogP contribution in [-0.2, 0) is 22.4 Å². The summed E-state index contributed by atoms with van der Waals surface area (Å²) >= 11 is 2.51. The zero-order valence-electron chi connectivity index (χ0n) is 1.96. The van der Waals surface area contributed by atoms with Gasteiger partial charge in [-0.1, -0.05) is 0 Å². The number of rotatable bonds is 0. The van der Waals surface area contributed by atoms with Gasteiger partial charge in [0.05, 0.1) is 0 Å². The van der Waals surface area contributed by atoms with Gasteiger partial charge in [0.15, 0.2) is 0 Å². The number of hydrogen-bond acceptors (Lipinski definition) is 2. The minimum absolute atomic E-state index is 2.51. The Balaban J connectivity index is 4.06. The van der Waals surface area contributed by atoms with Crippen LogP contribution in [0.1, 0.15) is 0 Å². The van der Waals surface area contributed by atoms with Crippen molar-refractivity contribution >= 4 is 18.2 Å². The average molecular weight is 155 g/mol. The fraction of sp³-hybridized carbons (Fsp3) is 0. The molecular weight excluding hydrogens is 155 g/mol. The Labute approximate surface area is 41.8 Å². The van der Waals surface area contributed by atoms with Crippen LogP contribution in [0.2, 0.25) is 0 Å². The Morgan fingerprint density at radius 1 is 1.60 bits per heavy atom. The topological polar surface area (TPSA) is 34.1 Å². The maximum absolute atomic E-state index is 9.29. The molecule has 0 rings (SSSR count). The SMILES string of the molecule is O=[S](=O)(Cl)[Fe]. The molecule has 0 fully saturated rings. The summed E-state index contributed by atoms with van der Waals surface area (Å²) in [7, 11) is 0.947. The van der Waals surface area contributed by atoms with Gasteiger partial charge in [0.2, 0.25) is 0 Å². The van der Waals surface area contributed by atoms with Gasteiger partial charge in [-0.2, -0.15) is 0 Å². The Kier molecular flexibility index (Phi) is 1.70. The monoisotopic (exact) mass is 155 g/mol. The molecule has 0 unspecified atom stereocenters. The van der Waals surface area contributed by atoms with Crippen molar-refractivity contribution < 1.29 is 23.3 Å². The van der Waals surface area contributed by atoms with Crippen molar-refractivity contribution in [3.05, 3.63) is 0 Å². The minimum atomic E-state index is -3.44. The van der Waals surface area contributed by atoms with Crippen molar-refractivity contribution in [3.63, 3.8) is 0 Å². The van der Waals surface area contributed by atoms with Crippen LogP contribution >= 0.6 is 10.7 Å². The van der Waals surface area contributed by atoms with Gasteiger partial charge in [-0.3, -0.25) is 0 Å². The fourth-order valence-corrected chi connectivity index (χ4v) is 0. The van der Waals surface area contributed by atoms with E-state index in [1.54, 1.807) is 0 Å². The molecule has 0 aliphatic carbocycles. The molecule has 0 aromatic rings. The summed E-state index contributed by atoms with van der Waals surface area (Å²) in [5.41, 5.74) is 0. The molecule has 5 heteroatoms. The van der Waals surface area contributed by atoms with Gasteiger partial charge in [0.25, 0.3) is 0 Å². The Morgan fingerprint density at radius 2 is 1.60 bits per heavy atom. The fourth-order valence-electron chi connectivity index (χ4n) is 0. The van der Waals surface area contributed by atoms with E-state index in [2.05, 4.69) is 25.6 Å². The van der Waals surface area contributed by atoms with Crippen LogP contribution < -0.4 is 0 Å². The quantitative estimate of drug-likeness (QED) is 0.365. The zero-order chi connectivity index (χ0) is 4.50. The third-order valence-electron chi connectivity index (χ3n) is 0. The molecule has 0 atom stereocenters. The molecule has 0 amide bonds. The first-order valence-electron chi connectivity index (χ1n) is 0.632. The third kappa shape index (κ3) is 62.8.